The van der Waals surface area contributed by atoms with Crippen molar-refractivity contribution in [2.24, 2.45) is 0 Å². The van der Waals surface area contributed by atoms with Crippen LogP contribution in [0.2, 0.25) is 0 Å². The monoisotopic (exact) mass is 272 g/mol. The molecular weight excluding hydrogens is 248 g/mol. The minimum atomic E-state index is 0.771. The molecule has 2 aromatic heterocycles. The van der Waals surface area contributed by atoms with Gasteiger partial charge in [0.05, 0.1) is 0 Å². The summed E-state index contributed by atoms with van der Waals surface area (Å²) in [6.45, 7) is 7.29. The smallest absolute Gasteiger partial charge is 0.131 e. The van der Waals surface area contributed by atoms with Gasteiger partial charge in [0.25, 0.3) is 0 Å². The molecule has 0 spiro atoms. The van der Waals surface area contributed by atoms with E-state index in [2.05, 4.69) is 23.4 Å². The molecular formula is C16H24N4. The van der Waals surface area contributed by atoms with Crippen LogP contribution >= 0.6 is 0 Å². The van der Waals surface area contributed by atoms with Crippen LogP contribution in [-0.2, 0) is 13.0 Å². The number of unbranched alkanes of at least 4 members (excludes halogenated alkanes) is 1. The van der Waals surface area contributed by atoms with Gasteiger partial charge in [0.1, 0.15) is 17.3 Å². The zero-order valence-electron chi connectivity index (χ0n) is 12.7. The van der Waals surface area contributed by atoms with E-state index in [1.165, 1.54) is 0 Å². The topological polar surface area (TPSA) is 56.7 Å². The molecule has 0 aliphatic carbocycles. The molecule has 2 aromatic rings. The average Bonchev–Trinajstić information content (AvgIpc) is 2.75. The third kappa shape index (κ3) is 3.00. The van der Waals surface area contributed by atoms with E-state index in [1.807, 2.05) is 25.3 Å². The third-order valence-electron chi connectivity index (χ3n) is 3.48. The molecule has 0 saturated heterocycles. The van der Waals surface area contributed by atoms with Crippen molar-refractivity contribution in [2.75, 3.05) is 5.73 Å². The molecule has 2 N–H and O–H groups in total. The largest absolute Gasteiger partial charge is 0.383 e. The number of hydrogen-bond acceptors (Lipinski definition) is 3. The Morgan fingerprint density at radius 1 is 1.20 bits per heavy atom. The van der Waals surface area contributed by atoms with Crippen molar-refractivity contribution < 1.29 is 0 Å². The number of nitrogen functional groups attached to an aromatic ring is 1. The van der Waals surface area contributed by atoms with Gasteiger partial charge in [-0.3, -0.25) is 4.98 Å². The van der Waals surface area contributed by atoms with Gasteiger partial charge in [0, 0.05) is 30.4 Å². The lowest BCUT2D eigenvalue weighted by molar-refractivity contribution is 0.604. The number of rotatable bonds is 6. The summed E-state index contributed by atoms with van der Waals surface area (Å²) in [4.78, 5) is 9.09. The number of nitrogens with two attached hydrogens (primary N) is 1. The van der Waals surface area contributed by atoms with Crippen LogP contribution in [0.3, 0.4) is 0 Å². The van der Waals surface area contributed by atoms with Crippen LogP contribution in [0.25, 0.3) is 11.3 Å². The SMILES string of the molecule is CCCCn1c(CCC)nc(-c2ccc(C)nc2)c1N. The van der Waals surface area contributed by atoms with Gasteiger partial charge in [-0.1, -0.05) is 20.3 Å². The average molecular weight is 272 g/mol. The highest BCUT2D eigenvalue weighted by Gasteiger charge is 2.15. The van der Waals surface area contributed by atoms with Gasteiger partial charge in [-0.05, 0) is 31.9 Å². The van der Waals surface area contributed by atoms with E-state index in [0.29, 0.717) is 0 Å². The number of imidazole rings is 1. The minimum Gasteiger partial charge on any atom is -0.383 e. The first-order chi connectivity index (χ1) is 9.67. The third-order valence-corrected chi connectivity index (χ3v) is 3.48. The second-order valence-corrected chi connectivity index (χ2v) is 5.21. The summed E-state index contributed by atoms with van der Waals surface area (Å²) in [7, 11) is 0. The first kappa shape index (κ1) is 14.6. The highest BCUT2D eigenvalue weighted by Crippen LogP contribution is 2.27. The quantitative estimate of drug-likeness (QED) is 0.874. The van der Waals surface area contributed by atoms with E-state index in [9.17, 15) is 0 Å². The minimum absolute atomic E-state index is 0.771. The zero-order chi connectivity index (χ0) is 14.5. The summed E-state index contributed by atoms with van der Waals surface area (Å²) in [5.74, 6) is 1.86. The van der Waals surface area contributed by atoms with E-state index in [1.54, 1.807) is 0 Å². The second-order valence-electron chi connectivity index (χ2n) is 5.21. The number of hydrogen-bond donors (Lipinski definition) is 1. The first-order valence-corrected chi connectivity index (χ1v) is 7.45. The number of anilines is 1. The Bertz CT molecular complexity index is 555. The van der Waals surface area contributed by atoms with Crippen molar-refractivity contribution in [3.8, 4) is 11.3 Å². The molecule has 0 unspecified atom stereocenters. The lowest BCUT2D eigenvalue weighted by atomic mass is 10.2. The maximum Gasteiger partial charge on any atom is 0.131 e. The van der Waals surface area contributed by atoms with Crippen molar-refractivity contribution in [1.82, 2.24) is 14.5 Å². The Morgan fingerprint density at radius 2 is 2.00 bits per heavy atom. The van der Waals surface area contributed by atoms with Crippen LogP contribution in [0.5, 0.6) is 0 Å². The summed E-state index contributed by atoms with van der Waals surface area (Å²) in [5.41, 5.74) is 9.20. The first-order valence-electron chi connectivity index (χ1n) is 7.45. The molecule has 0 radical (unpaired) electrons. The molecule has 0 fully saturated rings. The molecule has 4 nitrogen and oxygen atoms in total. The van der Waals surface area contributed by atoms with Gasteiger partial charge in [-0.25, -0.2) is 4.98 Å². The van der Waals surface area contributed by atoms with E-state index in [4.69, 9.17) is 10.7 Å². The molecule has 2 heterocycles. The molecule has 0 aliphatic rings. The Labute approximate surface area is 121 Å². The normalized spacial score (nSPS) is 10.9. The van der Waals surface area contributed by atoms with E-state index in [-0.39, 0.29) is 0 Å². The Morgan fingerprint density at radius 3 is 2.60 bits per heavy atom. The maximum atomic E-state index is 6.32. The van der Waals surface area contributed by atoms with Crippen LogP contribution < -0.4 is 5.73 Å². The Hall–Kier alpha value is -1.84. The van der Waals surface area contributed by atoms with Crippen LogP contribution in [0, 0.1) is 6.92 Å². The number of aromatic nitrogens is 3. The van der Waals surface area contributed by atoms with Gasteiger partial charge in [-0.2, -0.15) is 0 Å². The van der Waals surface area contributed by atoms with Gasteiger partial charge >= 0.3 is 0 Å². The summed E-state index contributed by atoms with van der Waals surface area (Å²) in [5, 5.41) is 0. The van der Waals surface area contributed by atoms with E-state index in [0.717, 1.165) is 60.8 Å². The van der Waals surface area contributed by atoms with Crippen molar-refractivity contribution >= 4 is 5.82 Å². The van der Waals surface area contributed by atoms with Crippen molar-refractivity contribution in [2.45, 2.75) is 53.0 Å². The number of nitrogens with zero attached hydrogens (tertiary/aromatic N) is 3. The lowest BCUT2D eigenvalue weighted by Gasteiger charge is -2.08. The molecule has 108 valence electrons. The fraction of sp³-hybridized carbons (Fsp3) is 0.500. The fourth-order valence-corrected chi connectivity index (χ4v) is 2.31. The predicted molar refractivity (Wildman–Crippen MR) is 83.5 cm³/mol. The number of pyridine rings is 1. The molecule has 4 heteroatoms. The van der Waals surface area contributed by atoms with Gasteiger partial charge in [0.15, 0.2) is 0 Å². The Balaban J connectivity index is 2.40. The van der Waals surface area contributed by atoms with Crippen LogP contribution in [-0.4, -0.2) is 14.5 Å². The van der Waals surface area contributed by atoms with Gasteiger partial charge in [0.2, 0.25) is 0 Å². The van der Waals surface area contributed by atoms with Crippen molar-refractivity contribution in [1.29, 1.82) is 0 Å². The summed E-state index contributed by atoms with van der Waals surface area (Å²) in [6, 6.07) is 4.04. The van der Waals surface area contributed by atoms with Crippen molar-refractivity contribution in [3.63, 3.8) is 0 Å². The van der Waals surface area contributed by atoms with Gasteiger partial charge in [-0.15, -0.1) is 0 Å². The highest BCUT2D eigenvalue weighted by atomic mass is 15.1. The van der Waals surface area contributed by atoms with Crippen molar-refractivity contribution in [3.05, 3.63) is 29.8 Å². The highest BCUT2D eigenvalue weighted by molar-refractivity contribution is 5.70. The predicted octanol–water partition coefficient (Wildman–Crippen LogP) is 3.59. The van der Waals surface area contributed by atoms with E-state index >= 15 is 0 Å². The molecule has 20 heavy (non-hydrogen) atoms. The molecule has 0 aromatic carbocycles. The zero-order valence-corrected chi connectivity index (χ0v) is 12.7. The number of aryl methyl sites for hydroxylation is 2. The summed E-state index contributed by atoms with van der Waals surface area (Å²) >= 11 is 0. The van der Waals surface area contributed by atoms with Crippen LogP contribution in [0.1, 0.15) is 44.6 Å². The Kier molecular flexibility index (Phi) is 4.77. The maximum absolute atomic E-state index is 6.32. The molecule has 2 rings (SSSR count). The second kappa shape index (κ2) is 6.55. The molecule has 0 atom stereocenters. The van der Waals surface area contributed by atoms with Crippen LogP contribution in [0.4, 0.5) is 5.82 Å². The summed E-state index contributed by atoms with van der Waals surface area (Å²) < 4.78 is 2.17. The molecule has 0 saturated carbocycles. The van der Waals surface area contributed by atoms with E-state index < -0.39 is 0 Å². The molecule has 0 aliphatic heterocycles. The standard InChI is InChI=1S/C16H24N4/c1-4-6-10-20-14(7-5-2)19-15(16(20)17)13-9-8-12(3)18-11-13/h8-9,11H,4-7,10,17H2,1-3H3. The summed E-state index contributed by atoms with van der Waals surface area (Å²) in [6.07, 6.45) is 6.18. The molecule has 0 bridgehead atoms. The lowest BCUT2D eigenvalue weighted by Crippen LogP contribution is -2.07. The van der Waals surface area contributed by atoms with Gasteiger partial charge < -0.3 is 10.3 Å². The fourth-order valence-electron chi connectivity index (χ4n) is 2.31. The van der Waals surface area contributed by atoms with Crippen LogP contribution in [0.15, 0.2) is 18.3 Å². The molecule has 0 amide bonds.